The molecule has 152 valence electrons. The molecule has 0 bridgehead atoms. The molecular formula is C21H18BrN5O3. The number of carbonyl (C=O) groups excluding carboxylic acids is 2. The maximum atomic E-state index is 12.4. The second kappa shape index (κ2) is 8.58. The molecule has 0 saturated carbocycles. The fourth-order valence-electron chi connectivity index (χ4n) is 2.98. The minimum Gasteiger partial charge on any atom is -0.332 e. The van der Waals surface area contributed by atoms with E-state index in [1.54, 1.807) is 6.07 Å². The van der Waals surface area contributed by atoms with Crippen molar-refractivity contribution in [1.82, 2.24) is 15.1 Å². The molecule has 1 aliphatic rings. The first-order valence-corrected chi connectivity index (χ1v) is 10.1. The van der Waals surface area contributed by atoms with Crippen molar-refractivity contribution < 1.29 is 14.1 Å². The normalized spacial score (nSPS) is 13.9. The monoisotopic (exact) mass is 467 g/mol. The van der Waals surface area contributed by atoms with Gasteiger partial charge in [0.2, 0.25) is 17.6 Å². The van der Waals surface area contributed by atoms with Crippen LogP contribution in [0.2, 0.25) is 0 Å². The number of rotatable bonds is 5. The Bertz CT molecular complexity index is 1130. The average Bonchev–Trinajstić information content (AvgIpc) is 3.23. The number of hydrazone groups is 1. The summed E-state index contributed by atoms with van der Waals surface area (Å²) < 4.78 is 6.29. The molecule has 0 radical (unpaired) electrons. The second-order valence-corrected chi connectivity index (χ2v) is 7.65. The fraction of sp³-hybridized carbons (Fsp3) is 0.190. The molecule has 0 aliphatic carbocycles. The van der Waals surface area contributed by atoms with Gasteiger partial charge in [-0.2, -0.15) is 10.1 Å². The first-order valence-electron chi connectivity index (χ1n) is 9.33. The maximum Gasteiger partial charge on any atom is 0.274 e. The van der Waals surface area contributed by atoms with Crippen LogP contribution in [0.4, 0.5) is 5.69 Å². The third-order valence-corrected chi connectivity index (χ3v) is 5.43. The number of benzene rings is 2. The zero-order valence-electron chi connectivity index (χ0n) is 16.1. The van der Waals surface area contributed by atoms with Gasteiger partial charge in [0.15, 0.2) is 0 Å². The molecule has 3 aromatic rings. The number of nitrogens with zero attached hydrogens (tertiary/aromatic N) is 4. The van der Waals surface area contributed by atoms with Crippen molar-refractivity contribution in [3.63, 3.8) is 0 Å². The molecule has 2 aromatic carbocycles. The summed E-state index contributed by atoms with van der Waals surface area (Å²) >= 11 is 3.43. The van der Waals surface area contributed by atoms with Crippen LogP contribution in [0.5, 0.6) is 0 Å². The Morgan fingerprint density at radius 1 is 1.20 bits per heavy atom. The van der Waals surface area contributed by atoms with Crippen LogP contribution in [-0.4, -0.2) is 39.2 Å². The summed E-state index contributed by atoms with van der Waals surface area (Å²) in [4.78, 5) is 29.0. The Morgan fingerprint density at radius 3 is 2.77 bits per heavy atom. The van der Waals surface area contributed by atoms with E-state index in [0.29, 0.717) is 23.6 Å². The molecule has 0 atom stereocenters. The van der Waals surface area contributed by atoms with E-state index < -0.39 is 0 Å². The molecule has 1 aliphatic heterocycles. The quantitative estimate of drug-likeness (QED) is 0.615. The summed E-state index contributed by atoms with van der Waals surface area (Å²) in [6, 6.07) is 14.9. The first kappa shape index (κ1) is 20.0. The van der Waals surface area contributed by atoms with Crippen molar-refractivity contribution >= 4 is 39.1 Å². The van der Waals surface area contributed by atoms with Gasteiger partial charge in [-0.3, -0.25) is 9.59 Å². The molecule has 2 heterocycles. The van der Waals surface area contributed by atoms with Gasteiger partial charge >= 0.3 is 0 Å². The van der Waals surface area contributed by atoms with E-state index in [1.807, 2.05) is 49.4 Å². The van der Waals surface area contributed by atoms with Crippen molar-refractivity contribution in [2.45, 2.75) is 19.8 Å². The molecule has 30 heavy (non-hydrogen) atoms. The Labute approximate surface area is 181 Å². The maximum absolute atomic E-state index is 12.4. The number of aromatic nitrogens is 2. The van der Waals surface area contributed by atoms with Gasteiger partial charge in [-0.05, 0) is 30.7 Å². The van der Waals surface area contributed by atoms with Crippen LogP contribution in [0.25, 0.3) is 11.4 Å². The first-order chi connectivity index (χ1) is 14.5. The van der Waals surface area contributed by atoms with Gasteiger partial charge in [-0.1, -0.05) is 51.4 Å². The molecule has 1 N–H and O–H groups in total. The lowest BCUT2D eigenvalue weighted by Crippen LogP contribution is -2.38. The molecule has 0 spiro atoms. The van der Waals surface area contributed by atoms with Gasteiger partial charge in [0.1, 0.15) is 12.3 Å². The molecule has 0 unspecified atom stereocenters. The number of carbonyl (C=O) groups is 2. The summed E-state index contributed by atoms with van der Waals surface area (Å²) in [5.74, 6) is 0.115. The number of halogens is 1. The third-order valence-electron chi connectivity index (χ3n) is 4.54. The second-order valence-electron chi connectivity index (χ2n) is 6.80. The number of amides is 2. The number of anilines is 1. The van der Waals surface area contributed by atoms with Gasteiger partial charge < -0.3 is 9.84 Å². The largest absolute Gasteiger partial charge is 0.332 e. The van der Waals surface area contributed by atoms with E-state index in [0.717, 1.165) is 20.6 Å². The van der Waals surface area contributed by atoms with E-state index in [1.165, 1.54) is 0 Å². The van der Waals surface area contributed by atoms with E-state index in [9.17, 15) is 9.59 Å². The Balaban J connectivity index is 1.47. The highest BCUT2D eigenvalue weighted by Crippen LogP contribution is 2.21. The zero-order chi connectivity index (χ0) is 21.1. The van der Waals surface area contributed by atoms with E-state index in [-0.39, 0.29) is 30.7 Å². The van der Waals surface area contributed by atoms with Crippen LogP contribution in [0.3, 0.4) is 0 Å². The summed E-state index contributed by atoms with van der Waals surface area (Å²) in [7, 11) is 0. The number of hydrogen-bond acceptors (Lipinski definition) is 6. The minimum absolute atomic E-state index is 0.197. The van der Waals surface area contributed by atoms with Crippen molar-refractivity contribution in [2.24, 2.45) is 5.10 Å². The highest BCUT2D eigenvalue weighted by molar-refractivity contribution is 9.10. The highest BCUT2D eigenvalue weighted by atomic mass is 79.9. The summed E-state index contributed by atoms with van der Waals surface area (Å²) in [6.45, 7) is 1.73. The van der Waals surface area contributed by atoms with Gasteiger partial charge in [0.25, 0.3) is 5.89 Å². The summed E-state index contributed by atoms with van der Waals surface area (Å²) in [5.41, 5.74) is 2.95. The fourth-order valence-corrected chi connectivity index (χ4v) is 3.23. The molecule has 2 amide bonds. The van der Waals surface area contributed by atoms with Gasteiger partial charge in [0.05, 0.1) is 0 Å². The molecule has 8 nitrogen and oxygen atoms in total. The molecule has 4 rings (SSSR count). The standard InChI is InChI=1S/C21H18BrN5O3/c1-13-11-15(7-8-16(13)22)23-18(28)12-27-19(29)10-9-17(25-27)21-24-20(26-30-21)14-5-3-2-4-6-14/h2-8,11H,9-10,12H2,1H3,(H,23,28). The lowest BCUT2D eigenvalue weighted by molar-refractivity contribution is -0.135. The van der Waals surface area contributed by atoms with Gasteiger partial charge in [-0.15, -0.1) is 0 Å². The molecule has 0 saturated heterocycles. The Hall–Kier alpha value is -3.33. The van der Waals surface area contributed by atoms with E-state index in [2.05, 4.69) is 36.5 Å². The van der Waals surface area contributed by atoms with E-state index >= 15 is 0 Å². The number of hydrogen-bond donors (Lipinski definition) is 1. The van der Waals surface area contributed by atoms with Crippen LogP contribution in [0.15, 0.2) is 62.6 Å². The van der Waals surface area contributed by atoms with Crippen LogP contribution in [-0.2, 0) is 9.59 Å². The predicted molar refractivity (Wildman–Crippen MR) is 115 cm³/mol. The smallest absolute Gasteiger partial charge is 0.274 e. The van der Waals surface area contributed by atoms with Crippen LogP contribution in [0, 0.1) is 6.92 Å². The Morgan fingerprint density at radius 2 is 2.00 bits per heavy atom. The number of nitrogens with one attached hydrogen (secondary N) is 1. The number of aryl methyl sites for hydroxylation is 1. The lowest BCUT2D eigenvalue weighted by atomic mass is 10.1. The van der Waals surface area contributed by atoms with E-state index in [4.69, 9.17) is 4.52 Å². The topological polar surface area (TPSA) is 101 Å². The van der Waals surface area contributed by atoms with Crippen molar-refractivity contribution in [3.8, 4) is 11.4 Å². The van der Waals surface area contributed by atoms with Crippen molar-refractivity contribution in [1.29, 1.82) is 0 Å². The third kappa shape index (κ3) is 4.46. The molecule has 1 aromatic heterocycles. The molecular weight excluding hydrogens is 450 g/mol. The predicted octanol–water partition coefficient (Wildman–Crippen LogP) is 3.77. The van der Waals surface area contributed by atoms with Crippen LogP contribution in [0.1, 0.15) is 24.3 Å². The summed E-state index contributed by atoms with van der Waals surface area (Å²) in [5, 5.41) is 12.2. The van der Waals surface area contributed by atoms with Crippen molar-refractivity contribution in [3.05, 3.63) is 64.5 Å². The van der Waals surface area contributed by atoms with Crippen molar-refractivity contribution in [2.75, 3.05) is 11.9 Å². The van der Waals surface area contributed by atoms with Gasteiger partial charge in [-0.25, -0.2) is 5.01 Å². The highest BCUT2D eigenvalue weighted by Gasteiger charge is 2.26. The Kier molecular flexibility index (Phi) is 5.71. The van der Waals surface area contributed by atoms with Gasteiger partial charge in [0, 0.05) is 28.6 Å². The van der Waals surface area contributed by atoms with Crippen LogP contribution >= 0.6 is 15.9 Å². The lowest BCUT2D eigenvalue weighted by Gasteiger charge is -2.21. The van der Waals surface area contributed by atoms with Crippen LogP contribution < -0.4 is 5.32 Å². The summed E-state index contributed by atoms with van der Waals surface area (Å²) in [6.07, 6.45) is 0.589. The average molecular weight is 468 g/mol. The minimum atomic E-state index is -0.342. The SMILES string of the molecule is Cc1cc(NC(=O)CN2N=C(c3nc(-c4ccccc4)no3)CCC2=O)ccc1Br. The molecule has 9 heteroatoms. The zero-order valence-corrected chi connectivity index (χ0v) is 17.7. The molecule has 0 fully saturated rings.